The fraction of sp³-hybridized carbons (Fsp3) is 0.833. The van der Waals surface area contributed by atoms with E-state index in [2.05, 4.69) is 27.7 Å². The SMILES string of the molecule is CC(C)=CC1(O)CC(C)CC(C)C1. The van der Waals surface area contributed by atoms with Gasteiger partial charge in [-0.25, -0.2) is 0 Å². The topological polar surface area (TPSA) is 20.2 Å². The molecule has 0 amide bonds. The van der Waals surface area contributed by atoms with Crippen molar-refractivity contribution in [2.45, 2.75) is 52.6 Å². The number of aliphatic hydroxyl groups is 1. The van der Waals surface area contributed by atoms with Crippen LogP contribution in [0.15, 0.2) is 11.6 Å². The minimum absolute atomic E-state index is 0.518. The maximum absolute atomic E-state index is 10.3. The van der Waals surface area contributed by atoms with Crippen LogP contribution >= 0.6 is 0 Å². The van der Waals surface area contributed by atoms with Crippen molar-refractivity contribution < 1.29 is 5.11 Å². The molecule has 0 radical (unpaired) electrons. The van der Waals surface area contributed by atoms with Crippen LogP contribution in [0.2, 0.25) is 0 Å². The van der Waals surface area contributed by atoms with Gasteiger partial charge in [-0.05, 0) is 44.9 Å². The van der Waals surface area contributed by atoms with E-state index in [1.165, 1.54) is 12.0 Å². The highest BCUT2D eigenvalue weighted by molar-refractivity contribution is 5.09. The summed E-state index contributed by atoms with van der Waals surface area (Å²) in [5, 5.41) is 10.3. The van der Waals surface area contributed by atoms with Crippen molar-refractivity contribution in [2.24, 2.45) is 11.8 Å². The second kappa shape index (κ2) is 3.83. The van der Waals surface area contributed by atoms with E-state index in [1.807, 2.05) is 6.08 Å². The number of hydrogen-bond donors (Lipinski definition) is 1. The lowest BCUT2D eigenvalue weighted by Crippen LogP contribution is -2.36. The quantitative estimate of drug-likeness (QED) is 0.618. The van der Waals surface area contributed by atoms with E-state index in [0.717, 1.165) is 12.8 Å². The van der Waals surface area contributed by atoms with E-state index in [-0.39, 0.29) is 0 Å². The minimum Gasteiger partial charge on any atom is -0.386 e. The molecular weight excluding hydrogens is 160 g/mol. The van der Waals surface area contributed by atoms with Crippen molar-refractivity contribution in [3.05, 3.63) is 11.6 Å². The zero-order valence-corrected chi connectivity index (χ0v) is 9.30. The van der Waals surface area contributed by atoms with E-state index >= 15 is 0 Å². The molecule has 1 fully saturated rings. The zero-order chi connectivity index (χ0) is 10.1. The Morgan fingerprint density at radius 2 is 1.69 bits per heavy atom. The summed E-state index contributed by atoms with van der Waals surface area (Å²) in [6.07, 6.45) is 5.17. The molecule has 0 aromatic carbocycles. The highest BCUT2D eigenvalue weighted by Crippen LogP contribution is 2.37. The van der Waals surface area contributed by atoms with Gasteiger partial charge in [0.15, 0.2) is 0 Å². The maximum Gasteiger partial charge on any atom is 0.0835 e. The van der Waals surface area contributed by atoms with Crippen LogP contribution in [0.3, 0.4) is 0 Å². The van der Waals surface area contributed by atoms with Crippen molar-refractivity contribution in [1.82, 2.24) is 0 Å². The van der Waals surface area contributed by atoms with Crippen LogP contribution in [0.25, 0.3) is 0 Å². The molecule has 0 heterocycles. The molecule has 2 unspecified atom stereocenters. The third-order valence-electron chi connectivity index (χ3n) is 2.77. The molecule has 0 aromatic heterocycles. The van der Waals surface area contributed by atoms with Gasteiger partial charge in [0.25, 0.3) is 0 Å². The molecule has 1 saturated carbocycles. The third kappa shape index (κ3) is 3.15. The molecule has 1 nitrogen and oxygen atoms in total. The van der Waals surface area contributed by atoms with Gasteiger partial charge in [-0.3, -0.25) is 0 Å². The largest absolute Gasteiger partial charge is 0.386 e. The van der Waals surface area contributed by atoms with Crippen molar-refractivity contribution in [2.75, 3.05) is 0 Å². The van der Waals surface area contributed by atoms with Crippen molar-refractivity contribution in [3.63, 3.8) is 0 Å². The average molecular weight is 182 g/mol. The fourth-order valence-electron chi connectivity index (χ4n) is 2.80. The number of allylic oxidation sites excluding steroid dienone is 1. The Morgan fingerprint density at radius 1 is 1.23 bits per heavy atom. The summed E-state index contributed by atoms with van der Waals surface area (Å²) in [5.74, 6) is 1.31. The van der Waals surface area contributed by atoms with Crippen LogP contribution in [0.4, 0.5) is 0 Å². The van der Waals surface area contributed by atoms with Gasteiger partial charge in [0.05, 0.1) is 5.60 Å². The molecule has 13 heavy (non-hydrogen) atoms. The molecule has 0 saturated heterocycles. The Hall–Kier alpha value is -0.300. The standard InChI is InChI=1S/C12H22O/c1-9(2)6-12(13)7-10(3)5-11(4)8-12/h6,10-11,13H,5,7-8H2,1-4H3. The van der Waals surface area contributed by atoms with E-state index in [9.17, 15) is 5.11 Å². The summed E-state index contributed by atoms with van der Waals surface area (Å²) >= 11 is 0. The lowest BCUT2D eigenvalue weighted by Gasteiger charge is -2.37. The highest BCUT2D eigenvalue weighted by Gasteiger charge is 2.33. The monoisotopic (exact) mass is 182 g/mol. The Balaban J connectivity index is 2.72. The molecule has 0 spiro atoms. The molecule has 2 atom stereocenters. The summed E-state index contributed by atoms with van der Waals surface area (Å²) in [7, 11) is 0. The molecule has 0 aromatic rings. The van der Waals surface area contributed by atoms with Gasteiger partial charge < -0.3 is 5.11 Å². The Bertz CT molecular complexity index is 191. The van der Waals surface area contributed by atoms with Crippen LogP contribution in [0, 0.1) is 11.8 Å². The summed E-state index contributed by atoms with van der Waals surface area (Å²) in [6, 6.07) is 0. The fourth-order valence-corrected chi connectivity index (χ4v) is 2.80. The minimum atomic E-state index is -0.518. The first-order valence-electron chi connectivity index (χ1n) is 5.30. The van der Waals surface area contributed by atoms with Gasteiger partial charge >= 0.3 is 0 Å². The van der Waals surface area contributed by atoms with Crippen LogP contribution in [0.5, 0.6) is 0 Å². The third-order valence-corrected chi connectivity index (χ3v) is 2.77. The number of rotatable bonds is 1. The van der Waals surface area contributed by atoms with Gasteiger partial charge in [-0.15, -0.1) is 0 Å². The molecule has 0 aliphatic heterocycles. The van der Waals surface area contributed by atoms with Gasteiger partial charge in [0, 0.05) is 0 Å². The van der Waals surface area contributed by atoms with Crippen molar-refractivity contribution >= 4 is 0 Å². The Labute approximate surface area is 81.9 Å². The van der Waals surface area contributed by atoms with Gasteiger partial charge in [-0.2, -0.15) is 0 Å². The first kappa shape index (κ1) is 10.8. The smallest absolute Gasteiger partial charge is 0.0835 e. The van der Waals surface area contributed by atoms with Crippen LogP contribution in [-0.2, 0) is 0 Å². The molecule has 1 aliphatic rings. The van der Waals surface area contributed by atoms with Crippen LogP contribution in [-0.4, -0.2) is 10.7 Å². The second-order valence-corrected chi connectivity index (χ2v) is 5.18. The van der Waals surface area contributed by atoms with Gasteiger partial charge in [0.2, 0.25) is 0 Å². The van der Waals surface area contributed by atoms with E-state index in [4.69, 9.17) is 0 Å². The van der Waals surface area contributed by atoms with E-state index in [1.54, 1.807) is 0 Å². The molecule has 1 N–H and O–H groups in total. The summed E-state index contributed by atoms with van der Waals surface area (Å²) in [5.41, 5.74) is 0.708. The predicted molar refractivity (Wildman–Crippen MR) is 56.6 cm³/mol. The van der Waals surface area contributed by atoms with Crippen LogP contribution < -0.4 is 0 Å². The lowest BCUT2D eigenvalue weighted by atomic mass is 9.73. The number of hydrogen-bond acceptors (Lipinski definition) is 1. The van der Waals surface area contributed by atoms with Crippen molar-refractivity contribution in [3.8, 4) is 0 Å². The predicted octanol–water partition coefficient (Wildman–Crippen LogP) is 3.14. The van der Waals surface area contributed by atoms with E-state index < -0.39 is 5.60 Å². The Morgan fingerprint density at radius 3 is 2.08 bits per heavy atom. The molecular formula is C12H22O. The summed E-state index contributed by atoms with van der Waals surface area (Å²) in [6.45, 7) is 8.59. The first-order valence-corrected chi connectivity index (χ1v) is 5.30. The lowest BCUT2D eigenvalue weighted by molar-refractivity contribution is 0.0104. The highest BCUT2D eigenvalue weighted by atomic mass is 16.3. The van der Waals surface area contributed by atoms with Gasteiger partial charge in [0.1, 0.15) is 0 Å². The molecule has 1 heteroatoms. The molecule has 0 bridgehead atoms. The Kier molecular flexibility index (Phi) is 3.18. The molecule has 1 rings (SSSR count). The zero-order valence-electron chi connectivity index (χ0n) is 9.30. The average Bonchev–Trinajstić information content (AvgIpc) is 1.77. The second-order valence-electron chi connectivity index (χ2n) is 5.18. The summed E-state index contributed by atoms with van der Waals surface area (Å²) in [4.78, 5) is 0. The van der Waals surface area contributed by atoms with Crippen molar-refractivity contribution in [1.29, 1.82) is 0 Å². The molecule has 76 valence electrons. The first-order chi connectivity index (χ1) is 5.91. The molecule has 1 aliphatic carbocycles. The summed E-state index contributed by atoms with van der Waals surface area (Å²) < 4.78 is 0. The van der Waals surface area contributed by atoms with E-state index in [0.29, 0.717) is 11.8 Å². The maximum atomic E-state index is 10.3. The normalized spacial score (nSPS) is 40.1. The van der Waals surface area contributed by atoms with Gasteiger partial charge in [-0.1, -0.05) is 25.5 Å². The van der Waals surface area contributed by atoms with Crippen LogP contribution in [0.1, 0.15) is 47.0 Å².